The van der Waals surface area contributed by atoms with Crippen molar-refractivity contribution in [3.63, 3.8) is 0 Å². The molecule has 1 aliphatic rings. The standard InChI is InChI=1S/C17H26N2O3/c1-16(2,3)22-15(21)19-17(8-5-9-17)12-18-11-13-6-4-7-14(20)10-13/h4,6-7,10,18,20H,5,8-9,11-12H2,1-3H3,(H,19,21). The first-order chi connectivity index (χ1) is 10.3. The Bertz CT molecular complexity index is 519. The van der Waals surface area contributed by atoms with Crippen LogP contribution in [-0.4, -0.2) is 28.9 Å². The van der Waals surface area contributed by atoms with Gasteiger partial charge < -0.3 is 20.5 Å². The second-order valence-electron chi connectivity index (χ2n) is 7.03. The summed E-state index contributed by atoms with van der Waals surface area (Å²) in [5.41, 5.74) is 0.329. The number of phenolic OH excluding ortho intramolecular Hbond substituents is 1. The van der Waals surface area contributed by atoms with E-state index in [1.165, 1.54) is 0 Å². The Morgan fingerprint density at radius 2 is 2.09 bits per heavy atom. The zero-order valence-corrected chi connectivity index (χ0v) is 13.6. The van der Waals surface area contributed by atoms with E-state index in [-0.39, 0.29) is 17.4 Å². The fourth-order valence-corrected chi connectivity index (χ4v) is 2.58. The van der Waals surface area contributed by atoms with Gasteiger partial charge in [0, 0.05) is 13.1 Å². The smallest absolute Gasteiger partial charge is 0.408 e. The van der Waals surface area contributed by atoms with Crippen molar-refractivity contribution in [2.45, 2.75) is 57.7 Å². The van der Waals surface area contributed by atoms with E-state index in [1.807, 2.05) is 32.9 Å². The summed E-state index contributed by atoms with van der Waals surface area (Å²) in [6, 6.07) is 7.18. The van der Waals surface area contributed by atoms with Crippen LogP contribution in [0.15, 0.2) is 24.3 Å². The quantitative estimate of drug-likeness (QED) is 0.782. The van der Waals surface area contributed by atoms with Crippen LogP contribution in [-0.2, 0) is 11.3 Å². The molecule has 0 saturated heterocycles. The van der Waals surface area contributed by atoms with Gasteiger partial charge in [-0.15, -0.1) is 0 Å². The van der Waals surface area contributed by atoms with Gasteiger partial charge in [-0.05, 0) is 57.7 Å². The zero-order valence-electron chi connectivity index (χ0n) is 13.6. The normalized spacial score (nSPS) is 16.7. The minimum absolute atomic E-state index is 0.209. The highest BCUT2D eigenvalue weighted by atomic mass is 16.6. The van der Waals surface area contributed by atoms with Crippen molar-refractivity contribution in [2.75, 3.05) is 6.54 Å². The predicted molar refractivity (Wildman–Crippen MR) is 85.8 cm³/mol. The van der Waals surface area contributed by atoms with E-state index in [0.717, 1.165) is 24.8 Å². The van der Waals surface area contributed by atoms with E-state index in [0.29, 0.717) is 13.1 Å². The third kappa shape index (κ3) is 4.91. The van der Waals surface area contributed by atoms with Gasteiger partial charge in [0.25, 0.3) is 0 Å². The van der Waals surface area contributed by atoms with E-state index in [4.69, 9.17) is 4.74 Å². The molecule has 1 aromatic carbocycles. The lowest BCUT2D eigenvalue weighted by molar-refractivity contribution is 0.0382. The van der Waals surface area contributed by atoms with E-state index in [9.17, 15) is 9.90 Å². The highest BCUT2D eigenvalue weighted by molar-refractivity contribution is 5.69. The summed E-state index contributed by atoms with van der Waals surface area (Å²) in [5.74, 6) is 0.268. The van der Waals surface area contributed by atoms with Gasteiger partial charge in [-0.1, -0.05) is 12.1 Å². The monoisotopic (exact) mass is 306 g/mol. The van der Waals surface area contributed by atoms with Crippen molar-refractivity contribution in [3.05, 3.63) is 29.8 Å². The fraction of sp³-hybridized carbons (Fsp3) is 0.588. The van der Waals surface area contributed by atoms with Gasteiger partial charge in [0.05, 0.1) is 5.54 Å². The first kappa shape index (κ1) is 16.6. The average molecular weight is 306 g/mol. The molecule has 0 bridgehead atoms. The highest BCUT2D eigenvalue weighted by Gasteiger charge is 2.39. The van der Waals surface area contributed by atoms with Crippen molar-refractivity contribution < 1.29 is 14.6 Å². The molecule has 0 heterocycles. The average Bonchev–Trinajstić information content (AvgIpc) is 2.33. The highest BCUT2D eigenvalue weighted by Crippen LogP contribution is 2.31. The molecule has 0 spiro atoms. The molecule has 1 aliphatic carbocycles. The number of carbonyl (C=O) groups excluding carboxylic acids is 1. The largest absolute Gasteiger partial charge is 0.508 e. The zero-order chi connectivity index (χ0) is 16.2. The van der Waals surface area contributed by atoms with Crippen LogP contribution in [0.25, 0.3) is 0 Å². The number of benzene rings is 1. The molecule has 1 aromatic rings. The summed E-state index contributed by atoms with van der Waals surface area (Å²) in [5, 5.41) is 15.8. The van der Waals surface area contributed by atoms with Gasteiger partial charge in [0.2, 0.25) is 0 Å². The van der Waals surface area contributed by atoms with Gasteiger partial charge in [0.15, 0.2) is 0 Å². The molecule has 1 fully saturated rings. The first-order valence-electron chi connectivity index (χ1n) is 7.78. The lowest BCUT2D eigenvalue weighted by Crippen LogP contribution is -2.59. The maximum absolute atomic E-state index is 12.0. The Morgan fingerprint density at radius 3 is 2.64 bits per heavy atom. The molecule has 0 atom stereocenters. The van der Waals surface area contributed by atoms with Crippen LogP contribution in [0.4, 0.5) is 4.79 Å². The predicted octanol–water partition coefficient (Wildman–Crippen LogP) is 2.93. The van der Waals surface area contributed by atoms with Crippen LogP contribution in [0.1, 0.15) is 45.6 Å². The van der Waals surface area contributed by atoms with Crippen molar-refractivity contribution in [2.24, 2.45) is 0 Å². The third-order valence-corrected chi connectivity index (χ3v) is 3.78. The van der Waals surface area contributed by atoms with E-state index in [2.05, 4.69) is 10.6 Å². The topological polar surface area (TPSA) is 70.6 Å². The molecule has 1 saturated carbocycles. The summed E-state index contributed by atoms with van der Waals surface area (Å²) < 4.78 is 5.34. The number of aromatic hydroxyl groups is 1. The van der Waals surface area contributed by atoms with Gasteiger partial charge in [-0.2, -0.15) is 0 Å². The molecule has 2 rings (SSSR count). The van der Waals surface area contributed by atoms with Crippen molar-refractivity contribution in [3.8, 4) is 5.75 Å². The van der Waals surface area contributed by atoms with Crippen molar-refractivity contribution in [1.82, 2.24) is 10.6 Å². The third-order valence-electron chi connectivity index (χ3n) is 3.78. The van der Waals surface area contributed by atoms with Crippen LogP contribution < -0.4 is 10.6 Å². The summed E-state index contributed by atoms with van der Waals surface area (Å²) >= 11 is 0. The number of hydrogen-bond donors (Lipinski definition) is 3. The molecule has 3 N–H and O–H groups in total. The minimum Gasteiger partial charge on any atom is -0.508 e. The molecule has 0 radical (unpaired) electrons. The lowest BCUT2D eigenvalue weighted by Gasteiger charge is -2.42. The molecular formula is C17H26N2O3. The number of ether oxygens (including phenoxy) is 1. The molecule has 0 aliphatic heterocycles. The summed E-state index contributed by atoms with van der Waals surface area (Å²) in [6.07, 6.45) is 2.67. The van der Waals surface area contributed by atoms with Crippen LogP contribution >= 0.6 is 0 Å². The van der Waals surface area contributed by atoms with E-state index in [1.54, 1.807) is 12.1 Å². The van der Waals surface area contributed by atoms with Crippen LogP contribution in [0, 0.1) is 0 Å². The summed E-state index contributed by atoms with van der Waals surface area (Å²) in [6.45, 7) is 6.94. The van der Waals surface area contributed by atoms with E-state index < -0.39 is 5.60 Å². The maximum Gasteiger partial charge on any atom is 0.408 e. The van der Waals surface area contributed by atoms with Gasteiger partial charge in [0.1, 0.15) is 11.4 Å². The molecule has 22 heavy (non-hydrogen) atoms. The number of nitrogens with one attached hydrogen (secondary N) is 2. The SMILES string of the molecule is CC(C)(C)OC(=O)NC1(CNCc2cccc(O)c2)CCC1. The Kier molecular flexibility index (Phi) is 4.96. The minimum atomic E-state index is -0.482. The van der Waals surface area contributed by atoms with E-state index >= 15 is 0 Å². The number of amides is 1. The summed E-state index contributed by atoms with van der Waals surface area (Å²) in [4.78, 5) is 12.0. The van der Waals surface area contributed by atoms with Gasteiger partial charge in [-0.3, -0.25) is 0 Å². The number of rotatable bonds is 5. The Morgan fingerprint density at radius 1 is 1.36 bits per heavy atom. The Balaban J connectivity index is 1.82. The number of carbonyl (C=O) groups is 1. The fourth-order valence-electron chi connectivity index (χ4n) is 2.58. The van der Waals surface area contributed by atoms with Crippen molar-refractivity contribution in [1.29, 1.82) is 0 Å². The number of phenols is 1. The second kappa shape index (κ2) is 6.57. The maximum atomic E-state index is 12.0. The molecule has 0 aromatic heterocycles. The molecule has 5 nitrogen and oxygen atoms in total. The van der Waals surface area contributed by atoms with Crippen LogP contribution in [0.5, 0.6) is 5.75 Å². The Labute approximate surface area is 132 Å². The molecule has 0 unspecified atom stereocenters. The van der Waals surface area contributed by atoms with Crippen LogP contribution in [0.3, 0.4) is 0 Å². The summed E-state index contributed by atoms with van der Waals surface area (Å²) in [7, 11) is 0. The first-order valence-corrected chi connectivity index (χ1v) is 7.78. The number of hydrogen-bond acceptors (Lipinski definition) is 4. The van der Waals surface area contributed by atoms with Gasteiger partial charge >= 0.3 is 6.09 Å². The molecule has 1 amide bonds. The molecule has 122 valence electrons. The molecule has 5 heteroatoms. The number of alkyl carbamates (subject to hydrolysis) is 1. The van der Waals surface area contributed by atoms with Crippen molar-refractivity contribution >= 4 is 6.09 Å². The molecular weight excluding hydrogens is 280 g/mol. The van der Waals surface area contributed by atoms with Gasteiger partial charge in [-0.25, -0.2) is 4.79 Å². The Hall–Kier alpha value is -1.75. The van der Waals surface area contributed by atoms with Crippen LogP contribution in [0.2, 0.25) is 0 Å². The second-order valence-corrected chi connectivity index (χ2v) is 7.03. The lowest BCUT2D eigenvalue weighted by atomic mass is 9.76.